The Hall–Kier alpha value is -3.00. The van der Waals surface area contributed by atoms with Crippen molar-refractivity contribution in [3.63, 3.8) is 0 Å². The Kier molecular flexibility index (Phi) is 6.32. The number of hydrogen-bond donors (Lipinski definition) is 1. The van der Waals surface area contributed by atoms with Gasteiger partial charge in [0, 0.05) is 5.69 Å². The summed E-state index contributed by atoms with van der Waals surface area (Å²) in [4.78, 5) is 12.0. The number of nitrogens with zero attached hydrogens (tertiary/aromatic N) is 2. The van der Waals surface area contributed by atoms with Crippen LogP contribution in [-0.4, -0.2) is 29.0 Å². The zero-order valence-electron chi connectivity index (χ0n) is 15.0. The molecule has 1 heterocycles. The summed E-state index contributed by atoms with van der Waals surface area (Å²) in [5.74, 6) is 1.81. The molecule has 0 unspecified atom stereocenters. The Bertz CT molecular complexity index is 879. The van der Waals surface area contributed by atoms with Gasteiger partial charge in [0.2, 0.25) is 5.91 Å². The highest BCUT2D eigenvalue weighted by molar-refractivity contribution is 7.99. The van der Waals surface area contributed by atoms with E-state index in [-0.39, 0.29) is 18.3 Å². The lowest BCUT2D eigenvalue weighted by molar-refractivity contribution is -0.113. The van der Waals surface area contributed by atoms with Crippen LogP contribution in [0.2, 0.25) is 0 Å². The van der Waals surface area contributed by atoms with Gasteiger partial charge in [0.15, 0.2) is 6.61 Å². The average molecular weight is 385 g/mol. The summed E-state index contributed by atoms with van der Waals surface area (Å²) in [7, 11) is 1.59. The van der Waals surface area contributed by atoms with E-state index in [0.717, 1.165) is 17.1 Å². The summed E-state index contributed by atoms with van der Waals surface area (Å²) in [6, 6.07) is 14.8. The summed E-state index contributed by atoms with van der Waals surface area (Å²) in [5.41, 5.74) is 1.85. The second-order valence-electron chi connectivity index (χ2n) is 5.63. The Balaban J connectivity index is 1.44. The standard InChI is InChI=1S/C19H19N3O4S/c1-13-3-7-16(8-4-13)25-11-18-21-22-19(26-18)27-12-17(23)20-14-5-9-15(24-2)10-6-14/h3-10H,11-12H2,1-2H3,(H,20,23). The van der Waals surface area contributed by atoms with Gasteiger partial charge < -0.3 is 19.2 Å². The van der Waals surface area contributed by atoms with Crippen molar-refractivity contribution in [1.29, 1.82) is 0 Å². The fourth-order valence-electron chi connectivity index (χ4n) is 2.13. The number of hydrogen-bond acceptors (Lipinski definition) is 7. The average Bonchev–Trinajstić information content (AvgIpc) is 3.14. The van der Waals surface area contributed by atoms with Gasteiger partial charge in [0.25, 0.3) is 11.1 Å². The van der Waals surface area contributed by atoms with Crippen molar-refractivity contribution >= 4 is 23.4 Å². The maximum Gasteiger partial charge on any atom is 0.277 e. The molecule has 1 amide bonds. The second kappa shape index (κ2) is 9.09. The zero-order valence-corrected chi connectivity index (χ0v) is 15.8. The highest BCUT2D eigenvalue weighted by atomic mass is 32.2. The molecule has 0 aliphatic carbocycles. The summed E-state index contributed by atoms with van der Waals surface area (Å²) >= 11 is 1.17. The molecule has 7 nitrogen and oxygen atoms in total. The van der Waals surface area contributed by atoms with Gasteiger partial charge in [-0.25, -0.2) is 0 Å². The quantitative estimate of drug-likeness (QED) is 0.592. The maximum atomic E-state index is 12.0. The predicted molar refractivity (Wildman–Crippen MR) is 102 cm³/mol. The molecular formula is C19H19N3O4S. The Morgan fingerprint density at radius 2 is 1.78 bits per heavy atom. The van der Waals surface area contributed by atoms with Crippen LogP contribution in [0.3, 0.4) is 0 Å². The normalized spacial score (nSPS) is 10.4. The summed E-state index contributed by atoms with van der Waals surface area (Å²) in [6.07, 6.45) is 0. The van der Waals surface area contributed by atoms with Gasteiger partial charge in [-0.2, -0.15) is 0 Å². The molecule has 0 saturated heterocycles. The molecule has 3 rings (SSSR count). The third-order valence-electron chi connectivity index (χ3n) is 3.53. The molecule has 2 aromatic carbocycles. The number of aromatic nitrogens is 2. The lowest BCUT2D eigenvalue weighted by Gasteiger charge is -2.05. The van der Waals surface area contributed by atoms with Crippen LogP contribution in [0.5, 0.6) is 11.5 Å². The number of amides is 1. The number of methoxy groups -OCH3 is 1. The van der Waals surface area contributed by atoms with Crippen molar-refractivity contribution in [2.75, 3.05) is 18.2 Å². The van der Waals surface area contributed by atoms with Gasteiger partial charge in [-0.05, 0) is 43.3 Å². The van der Waals surface area contributed by atoms with E-state index in [1.807, 2.05) is 31.2 Å². The Labute approximate surface area is 161 Å². The van der Waals surface area contributed by atoms with Crippen molar-refractivity contribution < 1.29 is 18.7 Å². The minimum absolute atomic E-state index is 0.159. The molecule has 0 aliphatic heterocycles. The first-order valence-electron chi connectivity index (χ1n) is 8.21. The van der Waals surface area contributed by atoms with Gasteiger partial charge in [0.05, 0.1) is 12.9 Å². The molecule has 27 heavy (non-hydrogen) atoms. The number of rotatable bonds is 8. The van der Waals surface area contributed by atoms with Gasteiger partial charge in [-0.1, -0.05) is 29.5 Å². The number of ether oxygens (including phenoxy) is 2. The van der Waals surface area contributed by atoms with Crippen LogP contribution in [0.15, 0.2) is 58.2 Å². The topological polar surface area (TPSA) is 86.5 Å². The molecule has 0 bridgehead atoms. The molecule has 0 saturated carbocycles. The molecule has 1 aromatic heterocycles. The van der Waals surface area contributed by atoms with Crippen molar-refractivity contribution in [2.45, 2.75) is 18.8 Å². The lowest BCUT2D eigenvalue weighted by Crippen LogP contribution is -2.13. The first-order valence-corrected chi connectivity index (χ1v) is 9.19. The number of benzene rings is 2. The van der Waals surface area contributed by atoms with Crippen LogP contribution in [-0.2, 0) is 11.4 Å². The van der Waals surface area contributed by atoms with Crippen molar-refractivity contribution in [1.82, 2.24) is 10.2 Å². The van der Waals surface area contributed by atoms with E-state index < -0.39 is 0 Å². The SMILES string of the molecule is COc1ccc(NC(=O)CSc2nnc(COc3ccc(C)cc3)o2)cc1. The molecule has 140 valence electrons. The highest BCUT2D eigenvalue weighted by Crippen LogP contribution is 2.19. The molecule has 0 atom stereocenters. The van der Waals surface area contributed by atoms with E-state index in [9.17, 15) is 4.79 Å². The van der Waals surface area contributed by atoms with Gasteiger partial charge in [-0.15, -0.1) is 10.2 Å². The maximum absolute atomic E-state index is 12.0. The molecule has 0 fully saturated rings. The van der Waals surface area contributed by atoms with Crippen LogP contribution in [0.4, 0.5) is 5.69 Å². The summed E-state index contributed by atoms with van der Waals surface area (Å²) in [6.45, 7) is 2.19. The minimum Gasteiger partial charge on any atom is -0.497 e. The molecule has 0 aliphatic rings. The third-order valence-corrected chi connectivity index (χ3v) is 4.35. The first kappa shape index (κ1) is 18.8. The highest BCUT2D eigenvalue weighted by Gasteiger charge is 2.10. The number of nitrogens with one attached hydrogen (secondary N) is 1. The molecule has 8 heteroatoms. The van der Waals surface area contributed by atoms with Crippen molar-refractivity contribution in [2.24, 2.45) is 0 Å². The van der Waals surface area contributed by atoms with Crippen LogP contribution in [0.25, 0.3) is 0 Å². The van der Waals surface area contributed by atoms with Gasteiger partial charge in [0.1, 0.15) is 11.5 Å². The van der Waals surface area contributed by atoms with E-state index in [1.54, 1.807) is 31.4 Å². The van der Waals surface area contributed by atoms with Gasteiger partial charge in [-0.3, -0.25) is 4.79 Å². The fraction of sp³-hybridized carbons (Fsp3) is 0.211. The Morgan fingerprint density at radius 1 is 1.07 bits per heavy atom. The van der Waals surface area contributed by atoms with E-state index in [1.165, 1.54) is 11.8 Å². The van der Waals surface area contributed by atoms with Crippen molar-refractivity contribution in [3.8, 4) is 11.5 Å². The molecule has 0 spiro atoms. The number of carbonyl (C=O) groups excluding carboxylic acids is 1. The van der Waals surface area contributed by atoms with Crippen LogP contribution < -0.4 is 14.8 Å². The first-order chi connectivity index (χ1) is 13.1. The van der Waals surface area contributed by atoms with Crippen LogP contribution >= 0.6 is 11.8 Å². The van der Waals surface area contributed by atoms with Crippen LogP contribution in [0, 0.1) is 6.92 Å². The van der Waals surface area contributed by atoms with E-state index in [0.29, 0.717) is 16.8 Å². The number of thioether (sulfide) groups is 1. The molecular weight excluding hydrogens is 366 g/mol. The summed E-state index contributed by atoms with van der Waals surface area (Å²) < 4.78 is 16.1. The van der Waals surface area contributed by atoms with Gasteiger partial charge >= 0.3 is 0 Å². The minimum atomic E-state index is -0.166. The smallest absolute Gasteiger partial charge is 0.277 e. The molecule has 3 aromatic rings. The van der Waals surface area contributed by atoms with Crippen molar-refractivity contribution in [3.05, 3.63) is 60.0 Å². The van der Waals surface area contributed by atoms with E-state index in [2.05, 4.69) is 15.5 Å². The monoisotopic (exact) mass is 385 g/mol. The van der Waals surface area contributed by atoms with E-state index in [4.69, 9.17) is 13.9 Å². The number of carbonyl (C=O) groups is 1. The lowest BCUT2D eigenvalue weighted by atomic mass is 10.2. The van der Waals surface area contributed by atoms with Crippen LogP contribution in [0.1, 0.15) is 11.5 Å². The number of aryl methyl sites for hydroxylation is 1. The zero-order chi connectivity index (χ0) is 19.1. The number of anilines is 1. The fourth-order valence-corrected chi connectivity index (χ4v) is 2.71. The second-order valence-corrected chi connectivity index (χ2v) is 6.56. The third kappa shape index (κ3) is 5.75. The molecule has 0 radical (unpaired) electrons. The molecule has 1 N–H and O–H groups in total. The van der Waals surface area contributed by atoms with E-state index >= 15 is 0 Å². The summed E-state index contributed by atoms with van der Waals surface area (Å²) in [5, 5.41) is 10.9. The Morgan fingerprint density at radius 3 is 2.48 bits per heavy atom. The predicted octanol–water partition coefficient (Wildman–Crippen LogP) is 3.70. The largest absolute Gasteiger partial charge is 0.497 e.